The number of carboxylic acid groups (broad SMARTS) is 1. The second-order valence-electron chi connectivity index (χ2n) is 4.69. The van der Waals surface area contributed by atoms with Gasteiger partial charge in [-0.15, -0.1) is 0 Å². The number of aliphatic carboxylic acids is 1. The Hall–Kier alpha value is -1.49. The van der Waals surface area contributed by atoms with Gasteiger partial charge in [0.2, 0.25) is 0 Å². The van der Waals surface area contributed by atoms with Gasteiger partial charge in [0.1, 0.15) is 17.2 Å². The van der Waals surface area contributed by atoms with E-state index in [0.29, 0.717) is 5.57 Å². The fraction of sp³-hybridized carbons (Fsp3) is 0.462. The number of hydrogen-bond acceptors (Lipinski definition) is 3. The standard InChI is InChI=1S/C13H17NO4S/c1-5-14(13(3,4)12(15)16)19(17,18)11-9-7-6-8-10(11)2/h6-7,9H,5H2,1-4H3/p+1. The Labute approximate surface area is 114 Å². The molecule has 5 nitrogen and oxygen atoms in total. The Kier molecular flexibility index (Phi) is 4.30. The monoisotopic (exact) mass is 284 g/mol. The molecule has 1 N–H and O–H groups in total. The number of likely N-dealkylation sites (N-methyl/N-ethyl adjacent to an activating group) is 1. The molecule has 1 rings (SSSR count). The van der Waals surface area contributed by atoms with E-state index in [1.54, 1.807) is 26.0 Å². The van der Waals surface area contributed by atoms with Crippen LogP contribution in [-0.4, -0.2) is 35.9 Å². The lowest BCUT2D eigenvalue weighted by Crippen LogP contribution is -2.53. The minimum absolute atomic E-state index is 0.0793. The smallest absolute Gasteiger partial charge is 0.324 e. The molecule has 0 unspecified atom stereocenters. The summed E-state index contributed by atoms with van der Waals surface area (Å²) >= 11 is 0. The Morgan fingerprint density at radius 2 is 2.05 bits per heavy atom. The Morgan fingerprint density at radius 1 is 1.47 bits per heavy atom. The van der Waals surface area contributed by atoms with Crippen molar-refractivity contribution in [1.29, 1.82) is 0 Å². The van der Waals surface area contributed by atoms with Crippen LogP contribution in [0.2, 0.25) is 0 Å². The molecule has 104 valence electrons. The second-order valence-corrected chi connectivity index (χ2v) is 6.52. The molecule has 0 aromatic rings. The lowest BCUT2D eigenvalue weighted by atomic mass is 10.1. The summed E-state index contributed by atoms with van der Waals surface area (Å²) in [6.07, 6.45) is 7.46. The van der Waals surface area contributed by atoms with Crippen molar-refractivity contribution in [2.45, 2.75) is 33.2 Å². The minimum Gasteiger partial charge on any atom is -0.480 e. The molecule has 0 heterocycles. The second kappa shape index (κ2) is 5.25. The van der Waals surface area contributed by atoms with E-state index < -0.39 is 21.5 Å². The van der Waals surface area contributed by atoms with E-state index >= 15 is 0 Å². The predicted molar refractivity (Wildman–Crippen MR) is 72.7 cm³/mol. The van der Waals surface area contributed by atoms with E-state index in [0.717, 1.165) is 4.31 Å². The first-order valence-corrected chi connectivity index (χ1v) is 7.33. The molecule has 0 spiro atoms. The molecule has 0 amide bonds. The molecule has 0 atom stereocenters. The summed E-state index contributed by atoms with van der Waals surface area (Å²) in [5, 5.41) is 9.21. The lowest BCUT2D eigenvalue weighted by Gasteiger charge is -2.32. The molecular formula is C13H18NO4S+. The average Bonchev–Trinajstić information content (AvgIpc) is 2.29. The molecule has 0 aromatic heterocycles. The molecule has 0 aromatic carbocycles. The van der Waals surface area contributed by atoms with Crippen LogP contribution in [0.4, 0.5) is 0 Å². The van der Waals surface area contributed by atoms with E-state index in [4.69, 9.17) is 0 Å². The van der Waals surface area contributed by atoms with E-state index in [-0.39, 0.29) is 11.4 Å². The largest absolute Gasteiger partial charge is 0.480 e. The summed E-state index contributed by atoms with van der Waals surface area (Å²) in [6, 6.07) is 0. The number of carbonyl (C=O) groups is 1. The first kappa shape index (κ1) is 15.6. The highest BCUT2D eigenvalue weighted by Gasteiger charge is 2.45. The number of allylic oxidation sites excluding steroid dienone is 5. The number of sulfonamides is 1. The van der Waals surface area contributed by atoms with Crippen molar-refractivity contribution in [1.82, 2.24) is 4.31 Å². The van der Waals surface area contributed by atoms with Crippen molar-refractivity contribution < 1.29 is 18.3 Å². The van der Waals surface area contributed by atoms with Crippen LogP contribution < -0.4 is 0 Å². The van der Waals surface area contributed by atoms with Crippen LogP contribution in [0.1, 0.15) is 27.7 Å². The third-order valence-corrected chi connectivity index (χ3v) is 5.31. The minimum atomic E-state index is -3.86. The van der Waals surface area contributed by atoms with Crippen LogP contribution in [0.15, 0.2) is 28.7 Å². The Bertz CT molecular complexity index is 567. The molecule has 6 heteroatoms. The highest BCUT2D eigenvalue weighted by atomic mass is 32.2. The molecule has 0 fully saturated rings. The molecule has 0 radical (unpaired) electrons. The number of rotatable bonds is 5. The van der Waals surface area contributed by atoms with Gasteiger partial charge in [-0.3, -0.25) is 4.79 Å². The summed E-state index contributed by atoms with van der Waals surface area (Å²) in [5.41, 5.74) is -1.03. The third kappa shape index (κ3) is 2.76. The quantitative estimate of drug-likeness (QED) is 0.780. The van der Waals surface area contributed by atoms with Gasteiger partial charge in [-0.25, -0.2) is 0 Å². The number of nitrogens with zero attached hydrogens (tertiary/aromatic N) is 1. The van der Waals surface area contributed by atoms with Gasteiger partial charge < -0.3 is 5.11 Å². The maximum absolute atomic E-state index is 12.6. The van der Waals surface area contributed by atoms with Crippen molar-refractivity contribution in [2.75, 3.05) is 6.54 Å². The van der Waals surface area contributed by atoms with Gasteiger partial charge in [-0.1, -0.05) is 6.92 Å². The highest BCUT2D eigenvalue weighted by molar-refractivity contribution is 7.93. The van der Waals surface area contributed by atoms with Crippen LogP contribution >= 0.6 is 0 Å². The first-order chi connectivity index (χ1) is 8.65. The van der Waals surface area contributed by atoms with Crippen molar-refractivity contribution in [3.63, 3.8) is 0 Å². The molecule has 0 saturated carbocycles. The fourth-order valence-corrected chi connectivity index (χ4v) is 3.83. The van der Waals surface area contributed by atoms with E-state index in [2.05, 4.69) is 6.08 Å². The summed E-state index contributed by atoms with van der Waals surface area (Å²) in [7, 11) is -3.86. The van der Waals surface area contributed by atoms with Gasteiger partial charge in [0, 0.05) is 18.7 Å². The van der Waals surface area contributed by atoms with Gasteiger partial charge in [-0.05, 0) is 20.8 Å². The van der Waals surface area contributed by atoms with Gasteiger partial charge in [-0.2, -0.15) is 12.7 Å². The van der Waals surface area contributed by atoms with Gasteiger partial charge in [0.15, 0.2) is 4.91 Å². The van der Waals surface area contributed by atoms with Gasteiger partial charge >= 0.3 is 5.97 Å². The Balaban J connectivity index is 3.33. The van der Waals surface area contributed by atoms with Crippen molar-refractivity contribution in [3.05, 3.63) is 34.8 Å². The maximum atomic E-state index is 12.6. The predicted octanol–water partition coefficient (Wildman–Crippen LogP) is 1.70. The summed E-state index contributed by atoms with van der Waals surface area (Å²) in [5.74, 6) is -1.18. The van der Waals surface area contributed by atoms with E-state index in [1.165, 1.54) is 19.9 Å². The SMILES string of the molecule is CCN(C(C)(C)C(=O)O)S(=O)(=O)C1=CC=C[C+]=C1C. The van der Waals surface area contributed by atoms with E-state index in [9.17, 15) is 18.3 Å². The summed E-state index contributed by atoms with van der Waals surface area (Å²) in [6.45, 7) is 6.07. The molecule has 19 heavy (non-hydrogen) atoms. The first-order valence-electron chi connectivity index (χ1n) is 5.89. The lowest BCUT2D eigenvalue weighted by molar-refractivity contribution is -0.146. The van der Waals surface area contributed by atoms with Crippen LogP contribution in [0.25, 0.3) is 0 Å². The molecule has 0 aliphatic heterocycles. The Morgan fingerprint density at radius 3 is 2.47 bits per heavy atom. The highest BCUT2D eigenvalue weighted by Crippen LogP contribution is 2.28. The van der Waals surface area contributed by atoms with Gasteiger partial charge in [0.25, 0.3) is 10.0 Å². The van der Waals surface area contributed by atoms with E-state index in [1.807, 2.05) is 0 Å². The molecule has 1 aliphatic carbocycles. The van der Waals surface area contributed by atoms with Crippen molar-refractivity contribution in [2.24, 2.45) is 0 Å². The van der Waals surface area contributed by atoms with Gasteiger partial charge in [0.05, 0.1) is 6.08 Å². The fourth-order valence-electron chi connectivity index (χ4n) is 1.88. The molecule has 0 saturated heterocycles. The normalized spacial score (nSPS) is 15.8. The van der Waals surface area contributed by atoms with Crippen LogP contribution in [0.5, 0.6) is 0 Å². The zero-order valence-corrected chi connectivity index (χ0v) is 12.3. The number of hydrogen-bond donors (Lipinski definition) is 1. The van der Waals surface area contributed by atoms with Crippen molar-refractivity contribution in [3.8, 4) is 0 Å². The van der Waals surface area contributed by atoms with Crippen molar-refractivity contribution >= 4 is 16.0 Å². The van der Waals surface area contributed by atoms with Crippen LogP contribution in [-0.2, 0) is 14.8 Å². The molecular weight excluding hydrogens is 266 g/mol. The topological polar surface area (TPSA) is 74.7 Å². The van der Waals surface area contributed by atoms with Crippen LogP contribution in [0, 0.1) is 6.08 Å². The molecule has 1 aliphatic rings. The summed E-state index contributed by atoms with van der Waals surface area (Å²) in [4.78, 5) is 11.4. The zero-order chi connectivity index (χ0) is 14.8. The van der Waals surface area contributed by atoms with Crippen LogP contribution in [0.3, 0.4) is 0 Å². The summed E-state index contributed by atoms with van der Waals surface area (Å²) < 4.78 is 26.1. The maximum Gasteiger partial charge on any atom is 0.324 e. The average molecular weight is 284 g/mol. The zero-order valence-electron chi connectivity index (χ0n) is 11.5. The third-order valence-electron chi connectivity index (χ3n) is 3.02. The molecule has 0 bridgehead atoms. The number of carboxylic acids is 1.